The number of imide groups is 1. The normalized spacial score (nSPS) is 15.6. The quantitative estimate of drug-likeness (QED) is 0.357. The van der Waals surface area contributed by atoms with Gasteiger partial charge in [-0.2, -0.15) is 0 Å². The number of unbranched alkanes of at least 4 members (excludes halogenated alkanes) is 1. The lowest BCUT2D eigenvalue weighted by Crippen LogP contribution is -2.39. The third-order valence-corrected chi connectivity index (χ3v) is 7.60. The van der Waals surface area contributed by atoms with Crippen LogP contribution in [0, 0.1) is 0 Å². The summed E-state index contributed by atoms with van der Waals surface area (Å²) < 4.78 is 28.7. The Hall–Kier alpha value is -3.98. The van der Waals surface area contributed by atoms with E-state index in [-0.39, 0.29) is 23.1 Å². The van der Waals surface area contributed by atoms with E-state index in [9.17, 15) is 22.8 Å². The smallest absolute Gasteiger partial charge is 0.261 e. The third kappa shape index (κ3) is 6.62. The number of anilines is 2. The maximum Gasteiger partial charge on any atom is 0.261 e. The first kappa shape index (κ1) is 26.1. The molecule has 8 nitrogen and oxygen atoms in total. The molecule has 1 saturated heterocycles. The summed E-state index contributed by atoms with van der Waals surface area (Å²) in [5.41, 5.74) is 2.91. The van der Waals surface area contributed by atoms with Gasteiger partial charge in [-0.15, -0.1) is 0 Å². The zero-order valence-corrected chi connectivity index (χ0v) is 21.3. The number of nitrogens with one attached hydrogen (secondary N) is 3. The second-order valence-electron chi connectivity index (χ2n) is 9.02. The summed E-state index contributed by atoms with van der Waals surface area (Å²) in [6.07, 6.45) is 3.74. The summed E-state index contributed by atoms with van der Waals surface area (Å²) in [6, 6.07) is 19.9. The van der Waals surface area contributed by atoms with E-state index in [0.29, 0.717) is 28.9 Å². The zero-order valence-electron chi connectivity index (χ0n) is 20.5. The summed E-state index contributed by atoms with van der Waals surface area (Å²) >= 11 is 0. The van der Waals surface area contributed by atoms with Crippen molar-refractivity contribution in [2.75, 3.05) is 10.0 Å². The number of amides is 3. The molecule has 1 unspecified atom stereocenters. The first-order chi connectivity index (χ1) is 17.7. The van der Waals surface area contributed by atoms with E-state index in [1.54, 1.807) is 48.5 Å². The summed E-state index contributed by atoms with van der Waals surface area (Å²) in [6.45, 7) is 2.13. The van der Waals surface area contributed by atoms with Crippen molar-refractivity contribution in [3.05, 3.63) is 89.5 Å². The van der Waals surface area contributed by atoms with E-state index in [2.05, 4.69) is 22.3 Å². The Balaban J connectivity index is 1.46. The Morgan fingerprint density at radius 2 is 1.70 bits per heavy atom. The minimum absolute atomic E-state index is 0.0216. The average molecular weight is 520 g/mol. The molecule has 0 aromatic heterocycles. The molecule has 192 valence electrons. The molecular formula is C28H29N3O5S. The molecule has 0 spiro atoms. The van der Waals surface area contributed by atoms with Gasteiger partial charge in [-0.05, 0) is 72.9 Å². The van der Waals surface area contributed by atoms with E-state index in [1.165, 1.54) is 17.7 Å². The van der Waals surface area contributed by atoms with Gasteiger partial charge in [-0.1, -0.05) is 43.7 Å². The maximum atomic E-state index is 13.1. The predicted molar refractivity (Wildman–Crippen MR) is 142 cm³/mol. The molecule has 1 aliphatic heterocycles. The van der Waals surface area contributed by atoms with Crippen LogP contribution in [0.5, 0.6) is 0 Å². The average Bonchev–Trinajstić information content (AvgIpc) is 2.88. The number of sulfonamides is 1. The topological polar surface area (TPSA) is 121 Å². The standard InChI is InChI=1S/C28H29N3O5S/c1-2-3-6-19-11-13-20(14-12-19)27(33)29-22-8-5-10-24(18-22)37(35,36)31-23-9-4-7-21(17-23)25-15-16-26(32)30-28(25)34/h4-5,7-14,17-18,25,31H,2-3,6,15-16H2,1H3,(H,29,33)(H,30,32,34). The lowest BCUT2D eigenvalue weighted by molar-refractivity contribution is -0.134. The van der Waals surface area contributed by atoms with Crippen LogP contribution in [-0.4, -0.2) is 26.1 Å². The highest BCUT2D eigenvalue weighted by atomic mass is 32.2. The van der Waals surface area contributed by atoms with Crippen LogP contribution >= 0.6 is 0 Å². The van der Waals surface area contributed by atoms with Gasteiger partial charge in [0.05, 0.1) is 10.8 Å². The Labute approximate surface area is 216 Å². The second kappa shape index (κ2) is 11.4. The van der Waals surface area contributed by atoms with Crippen LogP contribution in [-0.2, 0) is 26.0 Å². The summed E-state index contributed by atoms with van der Waals surface area (Å²) in [4.78, 5) is 36.3. The molecule has 1 heterocycles. The highest BCUT2D eigenvalue weighted by Gasteiger charge is 2.28. The van der Waals surface area contributed by atoms with Crippen LogP contribution in [0.2, 0.25) is 0 Å². The largest absolute Gasteiger partial charge is 0.322 e. The van der Waals surface area contributed by atoms with Crippen molar-refractivity contribution >= 4 is 39.1 Å². The van der Waals surface area contributed by atoms with Crippen LogP contribution in [0.3, 0.4) is 0 Å². The lowest BCUT2D eigenvalue weighted by Gasteiger charge is -2.21. The number of benzene rings is 3. The Morgan fingerprint density at radius 3 is 2.43 bits per heavy atom. The first-order valence-electron chi connectivity index (χ1n) is 12.2. The van der Waals surface area contributed by atoms with Crippen molar-refractivity contribution in [1.82, 2.24) is 5.32 Å². The van der Waals surface area contributed by atoms with E-state index < -0.39 is 21.8 Å². The summed E-state index contributed by atoms with van der Waals surface area (Å²) in [7, 11) is -3.98. The molecule has 0 aliphatic carbocycles. The van der Waals surface area contributed by atoms with Gasteiger partial charge in [0.25, 0.3) is 15.9 Å². The number of rotatable bonds is 9. The molecule has 1 aliphatic rings. The predicted octanol–water partition coefficient (Wildman–Crippen LogP) is 4.60. The van der Waals surface area contributed by atoms with Crippen LogP contribution in [0.25, 0.3) is 0 Å². The van der Waals surface area contributed by atoms with Gasteiger partial charge in [-0.3, -0.25) is 24.4 Å². The summed E-state index contributed by atoms with van der Waals surface area (Å²) in [5.74, 6) is -1.56. The van der Waals surface area contributed by atoms with Crippen molar-refractivity contribution < 1.29 is 22.8 Å². The second-order valence-corrected chi connectivity index (χ2v) is 10.7. The molecule has 37 heavy (non-hydrogen) atoms. The van der Waals surface area contributed by atoms with E-state index in [4.69, 9.17) is 0 Å². The van der Waals surface area contributed by atoms with E-state index in [1.807, 2.05) is 12.1 Å². The molecule has 0 bridgehead atoms. The van der Waals surface area contributed by atoms with Crippen LogP contribution in [0.1, 0.15) is 60.0 Å². The van der Waals surface area contributed by atoms with Gasteiger partial charge in [0, 0.05) is 23.4 Å². The van der Waals surface area contributed by atoms with Crippen LogP contribution in [0.4, 0.5) is 11.4 Å². The summed E-state index contributed by atoms with van der Waals surface area (Å²) in [5, 5.41) is 5.07. The van der Waals surface area contributed by atoms with Crippen molar-refractivity contribution in [1.29, 1.82) is 0 Å². The molecule has 1 fully saturated rings. The Morgan fingerprint density at radius 1 is 0.973 bits per heavy atom. The van der Waals surface area contributed by atoms with Gasteiger partial charge >= 0.3 is 0 Å². The number of piperidine rings is 1. The molecule has 0 saturated carbocycles. The minimum Gasteiger partial charge on any atom is -0.322 e. The fraction of sp³-hybridized carbons (Fsp3) is 0.250. The third-order valence-electron chi connectivity index (χ3n) is 6.22. The Bertz CT molecular complexity index is 1420. The Kier molecular flexibility index (Phi) is 8.03. The molecule has 3 amide bonds. The van der Waals surface area contributed by atoms with Crippen LogP contribution < -0.4 is 15.4 Å². The number of carbonyl (C=O) groups excluding carboxylic acids is 3. The maximum absolute atomic E-state index is 13.1. The highest BCUT2D eigenvalue weighted by molar-refractivity contribution is 7.92. The molecule has 3 aromatic carbocycles. The van der Waals surface area contributed by atoms with Gasteiger partial charge in [-0.25, -0.2) is 8.42 Å². The van der Waals surface area contributed by atoms with E-state index >= 15 is 0 Å². The number of carbonyl (C=O) groups is 3. The molecular weight excluding hydrogens is 490 g/mol. The molecule has 4 rings (SSSR count). The molecule has 0 radical (unpaired) electrons. The fourth-order valence-electron chi connectivity index (χ4n) is 4.19. The van der Waals surface area contributed by atoms with Gasteiger partial charge in [0.15, 0.2) is 0 Å². The van der Waals surface area contributed by atoms with Gasteiger partial charge in [0.1, 0.15) is 0 Å². The van der Waals surface area contributed by atoms with Crippen molar-refractivity contribution in [2.45, 2.75) is 49.8 Å². The number of hydrogen-bond acceptors (Lipinski definition) is 5. The van der Waals surface area contributed by atoms with Gasteiger partial charge < -0.3 is 5.32 Å². The molecule has 9 heteroatoms. The number of aryl methyl sites for hydroxylation is 1. The number of hydrogen-bond donors (Lipinski definition) is 3. The minimum atomic E-state index is -3.98. The monoisotopic (exact) mass is 519 g/mol. The first-order valence-corrected chi connectivity index (χ1v) is 13.7. The molecule has 1 atom stereocenters. The van der Waals surface area contributed by atoms with Crippen molar-refractivity contribution in [3.8, 4) is 0 Å². The molecule has 3 N–H and O–H groups in total. The fourth-order valence-corrected chi connectivity index (χ4v) is 5.29. The van der Waals surface area contributed by atoms with Crippen molar-refractivity contribution in [2.24, 2.45) is 0 Å². The highest BCUT2D eigenvalue weighted by Crippen LogP contribution is 2.28. The molecule has 3 aromatic rings. The van der Waals surface area contributed by atoms with Crippen LogP contribution in [0.15, 0.2) is 77.7 Å². The van der Waals surface area contributed by atoms with E-state index in [0.717, 1.165) is 19.3 Å². The SMILES string of the molecule is CCCCc1ccc(C(=O)Nc2cccc(S(=O)(=O)Nc3cccc(C4CCC(=O)NC4=O)c3)c2)cc1. The zero-order chi connectivity index (χ0) is 26.4. The van der Waals surface area contributed by atoms with Crippen molar-refractivity contribution in [3.63, 3.8) is 0 Å². The lowest BCUT2D eigenvalue weighted by atomic mass is 9.90. The van der Waals surface area contributed by atoms with Gasteiger partial charge in [0.2, 0.25) is 11.8 Å².